The predicted octanol–water partition coefficient (Wildman–Crippen LogP) is 4.40. The van der Waals surface area contributed by atoms with E-state index in [0.29, 0.717) is 6.07 Å². The van der Waals surface area contributed by atoms with Crippen molar-refractivity contribution in [2.45, 2.75) is 0 Å². The largest absolute Gasteiger partial charge is 0.350 e. The summed E-state index contributed by atoms with van der Waals surface area (Å²) in [6.45, 7) is 0. The number of rotatable bonds is 2. The zero-order chi connectivity index (χ0) is 15.0. The van der Waals surface area contributed by atoms with Crippen LogP contribution in [0, 0.1) is 40.7 Å². The minimum Gasteiger partial charge on any atom is -0.350 e. The van der Waals surface area contributed by atoms with Gasteiger partial charge in [0.1, 0.15) is 5.82 Å². The molecule has 20 heavy (non-hydrogen) atoms. The third-order valence-corrected chi connectivity index (χ3v) is 2.36. The first-order valence-corrected chi connectivity index (χ1v) is 5.05. The van der Waals surface area contributed by atoms with Gasteiger partial charge in [0.15, 0.2) is 34.9 Å². The number of hydrogen-bond donors (Lipinski definition) is 1. The molecule has 0 bridgehead atoms. The molecule has 0 aliphatic heterocycles. The summed E-state index contributed by atoms with van der Waals surface area (Å²) in [5, 5.41) is 1.75. The van der Waals surface area contributed by atoms with Crippen molar-refractivity contribution in [1.29, 1.82) is 0 Å². The molecule has 0 amide bonds. The van der Waals surface area contributed by atoms with Crippen LogP contribution in [0.1, 0.15) is 0 Å². The van der Waals surface area contributed by atoms with Gasteiger partial charge in [0.2, 0.25) is 0 Å². The average Bonchev–Trinajstić information content (AvgIpc) is 2.39. The van der Waals surface area contributed by atoms with Gasteiger partial charge in [-0.25, -0.2) is 30.7 Å². The summed E-state index contributed by atoms with van der Waals surface area (Å²) in [7, 11) is 0. The third-order valence-electron chi connectivity index (χ3n) is 2.36. The standard InChI is InChI=1S/C12H4F7N/c13-4-1-5(14)9(16)7(2-4)20-8-3-6(15)10(17)12(19)11(8)18/h1-3,20H. The van der Waals surface area contributed by atoms with Crippen molar-refractivity contribution in [3.8, 4) is 0 Å². The lowest BCUT2D eigenvalue weighted by atomic mass is 10.2. The lowest BCUT2D eigenvalue weighted by molar-refractivity contribution is 0.411. The minimum absolute atomic E-state index is 0.190. The molecule has 106 valence electrons. The highest BCUT2D eigenvalue weighted by Gasteiger charge is 2.20. The Bertz CT molecular complexity index is 684. The fourth-order valence-corrected chi connectivity index (χ4v) is 1.46. The van der Waals surface area contributed by atoms with E-state index in [4.69, 9.17) is 0 Å². The topological polar surface area (TPSA) is 12.0 Å². The van der Waals surface area contributed by atoms with Gasteiger partial charge in [-0.2, -0.15) is 0 Å². The Hall–Kier alpha value is -2.25. The van der Waals surface area contributed by atoms with Crippen molar-refractivity contribution in [3.63, 3.8) is 0 Å². The highest BCUT2D eigenvalue weighted by molar-refractivity contribution is 5.61. The number of nitrogens with one attached hydrogen (secondary N) is 1. The molecule has 0 unspecified atom stereocenters. The van der Waals surface area contributed by atoms with Gasteiger partial charge >= 0.3 is 0 Å². The van der Waals surface area contributed by atoms with E-state index in [1.165, 1.54) is 0 Å². The van der Waals surface area contributed by atoms with Gasteiger partial charge in [0, 0.05) is 18.2 Å². The normalized spacial score (nSPS) is 10.8. The fourth-order valence-electron chi connectivity index (χ4n) is 1.46. The Morgan fingerprint density at radius 1 is 0.550 bits per heavy atom. The van der Waals surface area contributed by atoms with Crippen LogP contribution in [0.2, 0.25) is 0 Å². The zero-order valence-corrected chi connectivity index (χ0v) is 9.38. The van der Waals surface area contributed by atoms with Crippen molar-refractivity contribution >= 4 is 11.4 Å². The molecular formula is C12H4F7N. The fraction of sp³-hybridized carbons (Fsp3) is 0. The Balaban J connectivity index is 2.51. The van der Waals surface area contributed by atoms with Crippen LogP contribution in [0.3, 0.4) is 0 Å². The van der Waals surface area contributed by atoms with E-state index in [1.54, 1.807) is 5.32 Å². The minimum atomic E-state index is -2.13. The molecule has 0 aliphatic rings. The molecule has 0 fully saturated rings. The van der Waals surface area contributed by atoms with Crippen molar-refractivity contribution in [2.75, 3.05) is 5.32 Å². The van der Waals surface area contributed by atoms with Crippen molar-refractivity contribution in [3.05, 3.63) is 58.9 Å². The SMILES string of the molecule is Fc1cc(F)c(F)c(Nc2cc(F)c(F)c(F)c2F)c1. The molecule has 0 radical (unpaired) electrons. The van der Waals surface area contributed by atoms with E-state index in [9.17, 15) is 30.7 Å². The summed E-state index contributed by atoms with van der Waals surface area (Å²) in [5.74, 6) is -12.2. The molecule has 2 aromatic carbocycles. The Morgan fingerprint density at radius 2 is 1.10 bits per heavy atom. The molecule has 2 rings (SSSR count). The second kappa shape index (κ2) is 5.03. The predicted molar refractivity (Wildman–Crippen MR) is 55.9 cm³/mol. The zero-order valence-electron chi connectivity index (χ0n) is 9.38. The van der Waals surface area contributed by atoms with Gasteiger partial charge in [-0.3, -0.25) is 0 Å². The Labute approximate surface area is 107 Å². The average molecular weight is 295 g/mol. The molecule has 0 saturated carbocycles. The first-order chi connectivity index (χ1) is 9.31. The van der Waals surface area contributed by atoms with Crippen LogP contribution in [-0.2, 0) is 0 Å². The Kier molecular flexibility index (Phi) is 3.56. The lowest BCUT2D eigenvalue weighted by Gasteiger charge is -2.10. The number of benzene rings is 2. The second-order valence-corrected chi connectivity index (χ2v) is 3.72. The summed E-state index contributed by atoms with van der Waals surface area (Å²) in [4.78, 5) is 0. The molecule has 0 atom stereocenters. The first-order valence-electron chi connectivity index (χ1n) is 5.05. The maximum absolute atomic E-state index is 13.3. The van der Waals surface area contributed by atoms with Crippen LogP contribution < -0.4 is 5.32 Å². The molecular weight excluding hydrogens is 291 g/mol. The van der Waals surface area contributed by atoms with E-state index >= 15 is 0 Å². The summed E-state index contributed by atoms with van der Waals surface area (Å²) in [6.07, 6.45) is 0. The van der Waals surface area contributed by atoms with Crippen LogP contribution in [0.15, 0.2) is 18.2 Å². The van der Waals surface area contributed by atoms with Crippen LogP contribution in [0.4, 0.5) is 42.1 Å². The Morgan fingerprint density at radius 3 is 1.75 bits per heavy atom. The van der Waals surface area contributed by atoms with E-state index in [0.717, 1.165) is 0 Å². The monoisotopic (exact) mass is 295 g/mol. The van der Waals surface area contributed by atoms with Crippen LogP contribution in [0.5, 0.6) is 0 Å². The molecule has 0 aliphatic carbocycles. The highest BCUT2D eigenvalue weighted by Crippen LogP contribution is 2.28. The molecule has 1 N–H and O–H groups in total. The second-order valence-electron chi connectivity index (χ2n) is 3.72. The quantitative estimate of drug-likeness (QED) is 0.492. The maximum atomic E-state index is 13.3. The number of halogens is 7. The molecule has 1 nitrogen and oxygen atoms in total. The van der Waals surface area contributed by atoms with Gasteiger partial charge in [-0.15, -0.1) is 0 Å². The van der Waals surface area contributed by atoms with Gasteiger partial charge in [0.25, 0.3) is 0 Å². The highest BCUT2D eigenvalue weighted by atomic mass is 19.2. The van der Waals surface area contributed by atoms with Gasteiger partial charge < -0.3 is 5.32 Å². The van der Waals surface area contributed by atoms with E-state index in [-0.39, 0.29) is 12.1 Å². The van der Waals surface area contributed by atoms with E-state index in [1.807, 2.05) is 0 Å². The van der Waals surface area contributed by atoms with Crippen LogP contribution in [-0.4, -0.2) is 0 Å². The number of hydrogen-bond acceptors (Lipinski definition) is 1. The molecule has 0 saturated heterocycles. The lowest BCUT2D eigenvalue weighted by Crippen LogP contribution is -2.04. The molecule has 0 aromatic heterocycles. The molecule has 8 heteroatoms. The summed E-state index contributed by atoms with van der Waals surface area (Å²) in [5.41, 5.74) is -1.91. The first kappa shape index (κ1) is 14.2. The molecule has 0 spiro atoms. The van der Waals surface area contributed by atoms with Crippen molar-refractivity contribution in [2.24, 2.45) is 0 Å². The van der Waals surface area contributed by atoms with Gasteiger partial charge in [-0.1, -0.05) is 0 Å². The van der Waals surface area contributed by atoms with Gasteiger partial charge in [-0.05, 0) is 0 Å². The van der Waals surface area contributed by atoms with Gasteiger partial charge in [0.05, 0.1) is 11.4 Å². The summed E-state index contributed by atoms with van der Waals surface area (Å²) >= 11 is 0. The summed E-state index contributed by atoms with van der Waals surface area (Å²) in [6, 6.07) is 0.857. The van der Waals surface area contributed by atoms with Crippen molar-refractivity contribution < 1.29 is 30.7 Å². The van der Waals surface area contributed by atoms with Crippen LogP contribution in [0.25, 0.3) is 0 Å². The van der Waals surface area contributed by atoms with Crippen molar-refractivity contribution in [1.82, 2.24) is 0 Å². The molecule has 0 heterocycles. The number of anilines is 2. The molecule has 2 aromatic rings. The third kappa shape index (κ3) is 2.40. The smallest absolute Gasteiger partial charge is 0.199 e. The van der Waals surface area contributed by atoms with E-state index in [2.05, 4.69) is 0 Å². The van der Waals surface area contributed by atoms with E-state index < -0.39 is 52.1 Å². The summed E-state index contributed by atoms with van der Waals surface area (Å²) < 4.78 is 91.0. The van der Waals surface area contributed by atoms with Crippen LogP contribution >= 0.6 is 0 Å². The maximum Gasteiger partial charge on any atom is 0.199 e.